The normalized spacial score (nSPS) is 37.7. The molecule has 0 bridgehead atoms. The summed E-state index contributed by atoms with van der Waals surface area (Å²) < 4.78 is 6.25. The number of aldehydes is 1. The van der Waals surface area contributed by atoms with Crippen LogP contribution < -0.4 is 0 Å². The first-order chi connectivity index (χ1) is 15.7. The summed E-state index contributed by atoms with van der Waals surface area (Å²) in [5.41, 5.74) is 2.86. The van der Waals surface area contributed by atoms with Crippen molar-refractivity contribution in [2.24, 2.45) is 28.6 Å². The van der Waals surface area contributed by atoms with E-state index in [-0.39, 0.29) is 40.6 Å². The smallest absolute Gasteiger partial charge is 0.168 e. The van der Waals surface area contributed by atoms with Crippen molar-refractivity contribution in [1.82, 2.24) is 0 Å². The van der Waals surface area contributed by atoms with Gasteiger partial charge in [0.15, 0.2) is 17.8 Å². The molecular weight excluding hydrogens is 416 g/mol. The number of rotatable bonds is 4. The number of fused-ring (bicyclic) bond motifs is 5. The molecule has 1 aromatic carbocycles. The number of benzene rings is 1. The van der Waals surface area contributed by atoms with Gasteiger partial charge in [0, 0.05) is 11.8 Å². The third-order valence-corrected chi connectivity index (χ3v) is 9.95. The van der Waals surface area contributed by atoms with Crippen LogP contribution >= 0.6 is 0 Å². The van der Waals surface area contributed by atoms with Crippen molar-refractivity contribution in [2.75, 3.05) is 0 Å². The van der Waals surface area contributed by atoms with Gasteiger partial charge in [-0.3, -0.25) is 9.59 Å². The third kappa shape index (κ3) is 3.38. The van der Waals surface area contributed by atoms with Gasteiger partial charge in [0.1, 0.15) is 5.78 Å². The molecule has 5 heteroatoms. The summed E-state index contributed by atoms with van der Waals surface area (Å²) >= 11 is 0. The van der Waals surface area contributed by atoms with Crippen LogP contribution in [0, 0.1) is 35.5 Å². The first kappa shape index (κ1) is 22.6. The zero-order valence-electron chi connectivity index (χ0n) is 20.0. The van der Waals surface area contributed by atoms with E-state index >= 15 is 0 Å². The Hall–Kier alpha value is -2.14. The molecule has 0 heterocycles. The maximum Gasteiger partial charge on any atom is 0.168 e. The lowest BCUT2D eigenvalue weighted by molar-refractivity contribution is -0.132. The first-order valence-corrected chi connectivity index (χ1v) is 12.5. The van der Waals surface area contributed by atoms with E-state index in [4.69, 9.17) is 4.74 Å². The van der Waals surface area contributed by atoms with E-state index in [1.54, 1.807) is 13.0 Å². The molecule has 0 aliphatic heterocycles. The van der Waals surface area contributed by atoms with Crippen molar-refractivity contribution >= 4 is 12.1 Å². The Morgan fingerprint density at radius 1 is 1.09 bits per heavy atom. The fourth-order valence-corrected chi connectivity index (χ4v) is 7.87. The minimum Gasteiger partial charge on any atom is -0.504 e. The number of hydrogen-bond donors (Lipinski definition) is 2. The molecule has 178 valence electrons. The Morgan fingerprint density at radius 2 is 1.82 bits per heavy atom. The van der Waals surface area contributed by atoms with Crippen LogP contribution in [0.2, 0.25) is 0 Å². The van der Waals surface area contributed by atoms with Gasteiger partial charge in [0.05, 0.1) is 18.3 Å². The summed E-state index contributed by atoms with van der Waals surface area (Å²) in [6, 6.07) is 1.72. The summed E-state index contributed by atoms with van der Waals surface area (Å²) in [5, 5.41) is 20.1. The van der Waals surface area contributed by atoms with Gasteiger partial charge in [-0.05, 0) is 92.2 Å². The average molecular weight is 453 g/mol. The van der Waals surface area contributed by atoms with Gasteiger partial charge < -0.3 is 14.9 Å². The van der Waals surface area contributed by atoms with Gasteiger partial charge in [0.2, 0.25) is 0 Å². The highest BCUT2D eigenvalue weighted by Crippen LogP contribution is 2.64. The molecule has 4 aliphatic rings. The largest absolute Gasteiger partial charge is 0.504 e. The highest BCUT2D eigenvalue weighted by atomic mass is 16.5. The molecule has 2 N–H and O–H groups in total. The van der Waals surface area contributed by atoms with Crippen molar-refractivity contribution in [3.8, 4) is 11.5 Å². The minimum atomic E-state index is -0.365. The summed E-state index contributed by atoms with van der Waals surface area (Å²) in [4.78, 5) is 24.1. The van der Waals surface area contributed by atoms with E-state index in [0.717, 1.165) is 51.4 Å². The summed E-state index contributed by atoms with van der Waals surface area (Å²) in [7, 11) is 0. The quantitative estimate of drug-likeness (QED) is 0.351. The van der Waals surface area contributed by atoms with Crippen molar-refractivity contribution in [1.29, 1.82) is 0 Å². The predicted octanol–water partition coefficient (Wildman–Crippen LogP) is 5.64. The van der Waals surface area contributed by atoms with Gasteiger partial charge in [-0.25, -0.2) is 0 Å². The molecule has 6 atom stereocenters. The number of aryl methyl sites for hydroxylation is 1. The summed E-state index contributed by atoms with van der Waals surface area (Å²) in [6.45, 7) is 6.62. The van der Waals surface area contributed by atoms with Crippen molar-refractivity contribution in [2.45, 2.75) is 84.8 Å². The molecule has 0 radical (unpaired) electrons. The van der Waals surface area contributed by atoms with E-state index in [9.17, 15) is 19.8 Å². The maximum absolute atomic E-state index is 12.6. The second kappa shape index (κ2) is 7.97. The van der Waals surface area contributed by atoms with E-state index in [2.05, 4.69) is 19.9 Å². The lowest BCUT2D eigenvalue weighted by Gasteiger charge is -2.57. The second-order valence-electron chi connectivity index (χ2n) is 11.4. The monoisotopic (exact) mass is 452 g/mol. The molecule has 0 saturated heterocycles. The summed E-state index contributed by atoms with van der Waals surface area (Å²) in [5.74, 6) is 1.70. The molecule has 3 fully saturated rings. The lowest BCUT2D eigenvalue weighted by atomic mass is 9.48. The highest BCUT2D eigenvalue weighted by molar-refractivity contribution is 5.87. The first-order valence-electron chi connectivity index (χ1n) is 12.5. The van der Waals surface area contributed by atoms with E-state index in [0.29, 0.717) is 41.0 Å². The van der Waals surface area contributed by atoms with Crippen LogP contribution in [0.3, 0.4) is 0 Å². The Kier molecular flexibility index (Phi) is 5.47. The number of carbonyl (C=O) groups is 2. The number of ether oxygens (including phenoxy) is 1. The number of carbonyl (C=O) groups excluding carboxylic acids is 2. The number of ketones is 1. The number of aromatic hydroxyl groups is 2. The molecule has 1 aromatic rings. The SMILES string of the molecule is Cc1cc(COC2CCC3(C)C(=CCC4C5CCC(=O)C5(C)CCC43)C2)c(C=O)c(O)c1O. The molecule has 5 nitrogen and oxygen atoms in total. The predicted molar refractivity (Wildman–Crippen MR) is 125 cm³/mol. The van der Waals surface area contributed by atoms with Crippen LogP contribution in [0.15, 0.2) is 17.7 Å². The molecule has 0 aromatic heterocycles. The van der Waals surface area contributed by atoms with Gasteiger partial charge in [0.25, 0.3) is 0 Å². The zero-order chi connectivity index (χ0) is 23.5. The topological polar surface area (TPSA) is 83.8 Å². The van der Waals surface area contributed by atoms with Crippen LogP contribution in [0.25, 0.3) is 0 Å². The molecule has 6 unspecified atom stereocenters. The van der Waals surface area contributed by atoms with Crippen LogP contribution in [0.4, 0.5) is 0 Å². The van der Waals surface area contributed by atoms with Gasteiger partial charge in [-0.1, -0.05) is 25.5 Å². The number of phenolic OH excluding ortho intramolecular Hbond substituents is 2. The average Bonchev–Trinajstić information content (AvgIpc) is 3.10. The van der Waals surface area contributed by atoms with Gasteiger partial charge in [-0.15, -0.1) is 0 Å². The minimum absolute atomic E-state index is 0.0820. The standard InChI is InChI=1S/C28H36O5/c1-16-12-17(21(14-29)26(32)25(16)31)15-33-19-8-10-27(2)18(13-19)4-5-20-22-6-7-24(30)28(22,3)11-9-23(20)27/h4,12,14,19-20,22-23,31-32H,5-11,13,15H2,1-3H3. The fraction of sp³-hybridized carbons (Fsp3) is 0.643. The molecule has 3 saturated carbocycles. The maximum atomic E-state index is 12.6. The Bertz CT molecular complexity index is 1030. The molecule has 5 rings (SSSR count). The van der Waals surface area contributed by atoms with E-state index in [1.807, 2.05) is 0 Å². The van der Waals surface area contributed by atoms with Crippen molar-refractivity contribution < 1.29 is 24.5 Å². The zero-order valence-corrected chi connectivity index (χ0v) is 20.0. The number of phenols is 2. The molecule has 4 aliphatic carbocycles. The van der Waals surface area contributed by atoms with E-state index in [1.165, 1.54) is 5.57 Å². The Balaban J connectivity index is 1.31. The lowest BCUT2D eigenvalue weighted by Crippen LogP contribution is -2.50. The number of hydrogen-bond acceptors (Lipinski definition) is 5. The van der Waals surface area contributed by atoms with Crippen LogP contribution in [-0.4, -0.2) is 28.4 Å². The molecule has 33 heavy (non-hydrogen) atoms. The van der Waals surface area contributed by atoms with Crippen LogP contribution in [0.1, 0.15) is 86.7 Å². The summed E-state index contributed by atoms with van der Waals surface area (Å²) in [6.07, 6.45) is 11.2. The Morgan fingerprint density at radius 3 is 2.58 bits per heavy atom. The van der Waals surface area contributed by atoms with Gasteiger partial charge in [-0.2, -0.15) is 0 Å². The van der Waals surface area contributed by atoms with Crippen LogP contribution in [0.5, 0.6) is 11.5 Å². The molecule has 0 spiro atoms. The molecule has 0 amide bonds. The third-order valence-electron chi connectivity index (χ3n) is 9.95. The van der Waals surface area contributed by atoms with Crippen LogP contribution in [-0.2, 0) is 16.1 Å². The van der Waals surface area contributed by atoms with Crippen molar-refractivity contribution in [3.63, 3.8) is 0 Å². The highest BCUT2D eigenvalue weighted by Gasteiger charge is 2.58. The number of Topliss-reactive ketones (excluding diaryl/α,β-unsaturated/α-hetero) is 1. The second-order valence-corrected chi connectivity index (χ2v) is 11.4. The van der Waals surface area contributed by atoms with Gasteiger partial charge >= 0.3 is 0 Å². The number of allylic oxidation sites excluding steroid dienone is 1. The fourth-order valence-electron chi connectivity index (χ4n) is 7.87. The van der Waals surface area contributed by atoms with Crippen molar-refractivity contribution in [3.05, 3.63) is 34.4 Å². The van der Waals surface area contributed by atoms with E-state index < -0.39 is 0 Å². The Labute approximate surface area is 196 Å². The molecular formula is C28H36O5.